The normalized spacial score (nSPS) is 12.3. The largest absolute Gasteiger partial charge is 0.481 e. The summed E-state index contributed by atoms with van der Waals surface area (Å²) in [6.07, 6.45) is 0.547. The third-order valence-corrected chi connectivity index (χ3v) is 6.06. The van der Waals surface area contributed by atoms with Crippen molar-refractivity contribution in [3.8, 4) is 0 Å². The number of Topliss-reactive ketones (excluding diaryl/α,β-unsaturated/α-hetero) is 1. The van der Waals surface area contributed by atoms with Gasteiger partial charge in [-0.2, -0.15) is 0 Å². The Balaban J connectivity index is 1.99. The standard InChI is InChI=1S/C28H28FN3O6/c1-17-8-6-9-18(2)25(17)27(37)30-20-12-7-13-32(28(20)38)22(14-19-10-4-3-5-11-19)26(36)31-21(15-24(34)35)23(33)16-29/h3-13,21-22H,14-16H2,1-2H3,(H,30,37)(H,31,36)(H,34,35)/t21-,22+/m1/s1. The van der Waals surface area contributed by atoms with Gasteiger partial charge in [-0.15, -0.1) is 0 Å². The van der Waals surface area contributed by atoms with Crippen molar-refractivity contribution in [2.75, 3.05) is 12.0 Å². The minimum absolute atomic E-state index is 0.00445. The SMILES string of the molecule is Cc1cccc(C)c1C(=O)Nc1cccn([C@@H](Cc2ccccc2)C(=O)N[C@H](CC(=O)O)C(=O)CF)c1=O. The van der Waals surface area contributed by atoms with Crippen LogP contribution in [0.4, 0.5) is 10.1 Å². The first-order valence-corrected chi connectivity index (χ1v) is 11.9. The summed E-state index contributed by atoms with van der Waals surface area (Å²) in [6, 6.07) is 14.1. The van der Waals surface area contributed by atoms with E-state index in [4.69, 9.17) is 5.11 Å². The summed E-state index contributed by atoms with van der Waals surface area (Å²) in [4.78, 5) is 62.9. The highest BCUT2D eigenvalue weighted by Crippen LogP contribution is 2.18. The molecule has 3 rings (SSSR count). The zero-order valence-corrected chi connectivity index (χ0v) is 20.9. The molecule has 10 heteroatoms. The molecule has 0 spiro atoms. The number of halogens is 1. The molecule has 38 heavy (non-hydrogen) atoms. The van der Waals surface area contributed by atoms with E-state index in [1.165, 1.54) is 18.3 Å². The predicted molar refractivity (Wildman–Crippen MR) is 139 cm³/mol. The first-order chi connectivity index (χ1) is 18.1. The summed E-state index contributed by atoms with van der Waals surface area (Å²) in [6.45, 7) is 2.09. The lowest BCUT2D eigenvalue weighted by Gasteiger charge is -2.23. The van der Waals surface area contributed by atoms with E-state index >= 15 is 0 Å². The van der Waals surface area contributed by atoms with Crippen molar-refractivity contribution in [1.29, 1.82) is 0 Å². The number of aromatic nitrogens is 1. The van der Waals surface area contributed by atoms with Crippen LogP contribution < -0.4 is 16.2 Å². The number of ketones is 1. The molecule has 0 saturated heterocycles. The van der Waals surface area contributed by atoms with Crippen LogP contribution in [0.25, 0.3) is 0 Å². The Morgan fingerprint density at radius 3 is 2.21 bits per heavy atom. The molecule has 1 heterocycles. The van der Waals surface area contributed by atoms with Crippen LogP contribution in [-0.2, 0) is 20.8 Å². The number of nitrogens with zero attached hydrogens (tertiary/aromatic N) is 1. The quantitative estimate of drug-likeness (QED) is 0.355. The topological polar surface area (TPSA) is 135 Å². The lowest BCUT2D eigenvalue weighted by Crippen LogP contribution is -2.47. The molecule has 9 nitrogen and oxygen atoms in total. The van der Waals surface area contributed by atoms with Crippen molar-refractivity contribution < 1.29 is 28.7 Å². The molecule has 3 N–H and O–H groups in total. The number of carboxylic acid groups (broad SMARTS) is 1. The summed E-state index contributed by atoms with van der Waals surface area (Å²) in [5.74, 6) is -3.83. The van der Waals surface area contributed by atoms with Gasteiger partial charge in [0.25, 0.3) is 11.5 Å². The number of carboxylic acids is 1. The Morgan fingerprint density at radius 1 is 0.947 bits per heavy atom. The van der Waals surface area contributed by atoms with Gasteiger partial charge in [0.1, 0.15) is 24.4 Å². The summed E-state index contributed by atoms with van der Waals surface area (Å²) in [7, 11) is 0. The third kappa shape index (κ3) is 6.78. The van der Waals surface area contributed by atoms with Crippen LogP contribution in [0, 0.1) is 13.8 Å². The average molecular weight is 522 g/mol. The third-order valence-electron chi connectivity index (χ3n) is 6.06. The molecule has 0 aliphatic carbocycles. The molecule has 0 unspecified atom stereocenters. The molecule has 2 aromatic carbocycles. The Morgan fingerprint density at radius 2 is 1.61 bits per heavy atom. The number of hydrogen-bond donors (Lipinski definition) is 3. The maximum absolute atomic E-state index is 13.4. The van der Waals surface area contributed by atoms with Gasteiger partial charge in [0, 0.05) is 18.2 Å². The number of aryl methyl sites for hydroxylation is 2. The van der Waals surface area contributed by atoms with Crippen LogP contribution in [0.2, 0.25) is 0 Å². The number of hydrogen-bond acceptors (Lipinski definition) is 5. The summed E-state index contributed by atoms with van der Waals surface area (Å²) in [5, 5.41) is 14.0. The highest BCUT2D eigenvalue weighted by atomic mass is 19.1. The molecule has 0 saturated carbocycles. The number of aliphatic carboxylic acids is 1. The Kier molecular flexibility index (Phi) is 9.26. The second-order valence-electron chi connectivity index (χ2n) is 8.82. The molecule has 1 aromatic heterocycles. The van der Waals surface area contributed by atoms with Gasteiger partial charge >= 0.3 is 5.97 Å². The molecular formula is C28H28FN3O6. The van der Waals surface area contributed by atoms with Crippen molar-refractivity contribution >= 4 is 29.3 Å². The number of anilines is 1. The van der Waals surface area contributed by atoms with Gasteiger partial charge in [-0.1, -0.05) is 48.5 Å². The van der Waals surface area contributed by atoms with E-state index < -0.39 is 54.3 Å². The van der Waals surface area contributed by atoms with Gasteiger partial charge < -0.3 is 20.3 Å². The Hall–Kier alpha value is -4.60. The zero-order chi connectivity index (χ0) is 27.8. The smallest absolute Gasteiger partial charge is 0.305 e. The van der Waals surface area contributed by atoms with E-state index in [-0.39, 0.29) is 12.1 Å². The second kappa shape index (κ2) is 12.6. The van der Waals surface area contributed by atoms with Crippen LogP contribution in [0.15, 0.2) is 71.7 Å². The zero-order valence-electron chi connectivity index (χ0n) is 20.9. The fourth-order valence-corrected chi connectivity index (χ4v) is 4.14. The van der Waals surface area contributed by atoms with Crippen molar-refractivity contribution in [3.05, 3.63) is 99.5 Å². The van der Waals surface area contributed by atoms with E-state index in [2.05, 4.69) is 10.6 Å². The fourth-order valence-electron chi connectivity index (χ4n) is 4.14. The second-order valence-corrected chi connectivity index (χ2v) is 8.82. The molecule has 3 aromatic rings. The van der Waals surface area contributed by atoms with Gasteiger partial charge in [-0.3, -0.25) is 24.0 Å². The van der Waals surface area contributed by atoms with Crippen LogP contribution in [0.1, 0.15) is 39.5 Å². The van der Waals surface area contributed by atoms with E-state index in [1.807, 2.05) is 6.07 Å². The molecule has 0 aliphatic rings. The van der Waals surface area contributed by atoms with Crippen LogP contribution in [0.5, 0.6) is 0 Å². The summed E-state index contributed by atoms with van der Waals surface area (Å²) in [5.41, 5.74) is 1.78. The average Bonchev–Trinajstić information content (AvgIpc) is 2.88. The van der Waals surface area contributed by atoms with Gasteiger partial charge in [-0.05, 0) is 42.7 Å². The van der Waals surface area contributed by atoms with Crippen molar-refractivity contribution in [2.24, 2.45) is 0 Å². The first-order valence-electron chi connectivity index (χ1n) is 11.9. The maximum Gasteiger partial charge on any atom is 0.305 e. The van der Waals surface area contributed by atoms with E-state index in [9.17, 15) is 28.4 Å². The first kappa shape index (κ1) is 28.0. The van der Waals surface area contributed by atoms with Gasteiger partial charge in [0.2, 0.25) is 5.91 Å². The number of alkyl halides is 1. The number of amides is 2. The monoisotopic (exact) mass is 521 g/mol. The van der Waals surface area contributed by atoms with Crippen LogP contribution >= 0.6 is 0 Å². The highest BCUT2D eigenvalue weighted by molar-refractivity contribution is 6.06. The number of rotatable bonds is 11. The van der Waals surface area contributed by atoms with E-state index in [1.54, 1.807) is 56.3 Å². The molecule has 0 radical (unpaired) electrons. The minimum atomic E-state index is -1.61. The van der Waals surface area contributed by atoms with E-state index in [0.29, 0.717) is 11.1 Å². The van der Waals surface area contributed by atoms with Crippen LogP contribution in [-0.4, -0.2) is 46.0 Å². The van der Waals surface area contributed by atoms with Crippen LogP contribution in [0.3, 0.4) is 0 Å². The lowest BCUT2D eigenvalue weighted by atomic mass is 10.0. The Labute approximate surface area is 218 Å². The molecule has 2 amide bonds. The molecule has 0 fully saturated rings. The predicted octanol–water partition coefficient (Wildman–Crippen LogP) is 3.00. The lowest BCUT2D eigenvalue weighted by molar-refractivity contribution is -0.140. The molecular weight excluding hydrogens is 493 g/mol. The maximum atomic E-state index is 13.4. The van der Waals surface area contributed by atoms with E-state index in [0.717, 1.165) is 15.7 Å². The highest BCUT2D eigenvalue weighted by Gasteiger charge is 2.29. The van der Waals surface area contributed by atoms with Crippen molar-refractivity contribution in [2.45, 2.75) is 38.8 Å². The number of carbonyl (C=O) groups excluding carboxylic acids is 3. The fraction of sp³-hybridized carbons (Fsp3) is 0.250. The molecule has 198 valence electrons. The van der Waals surface area contributed by atoms with Crippen molar-refractivity contribution in [1.82, 2.24) is 9.88 Å². The van der Waals surface area contributed by atoms with Gasteiger partial charge in [0.15, 0.2) is 5.78 Å². The number of benzene rings is 2. The van der Waals surface area contributed by atoms with Crippen molar-refractivity contribution in [3.63, 3.8) is 0 Å². The molecule has 0 bridgehead atoms. The molecule has 0 aliphatic heterocycles. The van der Waals surface area contributed by atoms with Gasteiger partial charge in [0.05, 0.1) is 6.42 Å². The number of carbonyl (C=O) groups is 4. The minimum Gasteiger partial charge on any atom is -0.481 e. The summed E-state index contributed by atoms with van der Waals surface area (Å²) >= 11 is 0. The molecule has 2 atom stereocenters. The number of pyridine rings is 1. The van der Waals surface area contributed by atoms with Gasteiger partial charge in [-0.25, -0.2) is 4.39 Å². The summed E-state index contributed by atoms with van der Waals surface area (Å²) < 4.78 is 14.2. The number of nitrogens with one attached hydrogen (secondary N) is 2. The Bertz CT molecular complexity index is 1380.